The quantitative estimate of drug-likeness (QED) is 0.766. The van der Waals surface area contributed by atoms with Gasteiger partial charge in [-0.1, -0.05) is 30.3 Å². The van der Waals surface area contributed by atoms with Crippen molar-refractivity contribution >= 4 is 42.5 Å². The van der Waals surface area contributed by atoms with Gasteiger partial charge in [-0.25, -0.2) is 0 Å². The lowest BCUT2D eigenvalue weighted by Crippen LogP contribution is -2.50. The molecule has 0 aliphatic carbocycles. The Morgan fingerprint density at radius 1 is 1.00 bits per heavy atom. The Morgan fingerprint density at radius 2 is 1.68 bits per heavy atom. The molecule has 158 valence electrons. The summed E-state index contributed by atoms with van der Waals surface area (Å²) >= 11 is 2.00. The van der Waals surface area contributed by atoms with E-state index in [0.29, 0.717) is 11.9 Å². The van der Waals surface area contributed by atoms with Gasteiger partial charge < -0.3 is 10.2 Å². The zero-order valence-corrected chi connectivity index (χ0v) is 18.7. The average molecular weight is 447 g/mol. The molecule has 3 fully saturated rings. The van der Waals surface area contributed by atoms with Gasteiger partial charge in [0.05, 0.1) is 0 Å². The van der Waals surface area contributed by atoms with E-state index in [4.69, 9.17) is 0 Å². The standard InChI is InChI=1S/C20H30N4OS.2ClH/c25-20(24-9-6-18(16-24)22-10-7-21-8-11-22)19(17-4-2-1-3-5-17)23-12-14-26-15-13-23;;/h1-5,18-19,21H,6-16H2;2*1H. The maximum atomic E-state index is 13.5. The predicted octanol–water partition coefficient (Wildman–Crippen LogP) is 2.13. The second kappa shape index (κ2) is 11.6. The van der Waals surface area contributed by atoms with Crippen molar-refractivity contribution in [2.75, 3.05) is 63.9 Å². The summed E-state index contributed by atoms with van der Waals surface area (Å²) in [5, 5.41) is 3.42. The summed E-state index contributed by atoms with van der Waals surface area (Å²) < 4.78 is 0. The molecule has 28 heavy (non-hydrogen) atoms. The van der Waals surface area contributed by atoms with Crippen LogP contribution in [0.1, 0.15) is 18.0 Å². The zero-order valence-electron chi connectivity index (χ0n) is 16.3. The van der Waals surface area contributed by atoms with E-state index in [9.17, 15) is 4.79 Å². The van der Waals surface area contributed by atoms with Gasteiger partial charge in [0.15, 0.2) is 0 Å². The van der Waals surface area contributed by atoms with Crippen LogP contribution in [0.15, 0.2) is 30.3 Å². The van der Waals surface area contributed by atoms with Crippen LogP contribution in [0.2, 0.25) is 0 Å². The van der Waals surface area contributed by atoms with Gasteiger partial charge in [-0.05, 0) is 12.0 Å². The van der Waals surface area contributed by atoms with E-state index in [-0.39, 0.29) is 30.9 Å². The molecular formula is C20H32Cl2N4OS. The number of hydrogen-bond donors (Lipinski definition) is 1. The molecule has 5 nitrogen and oxygen atoms in total. The van der Waals surface area contributed by atoms with E-state index in [0.717, 1.165) is 75.8 Å². The summed E-state index contributed by atoms with van der Waals surface area (Å²) in [5.74, 6) is 2.56. The first-order chi connectivity index (χ1) is 12.8. The maximum Gasteiger partial charge on any atom is 0.244 e. The van der Waals surface area contributed by atoms with Crippen molar-refractivity contribution in [1.29, 1.82) is 0 Å². The van der Waals surface area contributed by atoms with Crippen LogP contribution in [-0.2, 0) is 4.79 Å². The van der Waals surface area contributed by atoms with E-state index in [1.165, 1.54) is 0 Å². The Balaban J connectivity index is 0.00000140. The lowest BCUT2D eigenvalue weighted by Gasteiger charge is -2.36. The number of amides is 1. The Morgan fingerprint density at radius 3 is 2.36 bits per heavy atom. The van der Waals surface area contributed by atoms with Gasteiger partial charge in [0, 0.05) is 69.9 Å². The lowest BCUT2D eigenvalue weighted by atomic mass is 10.0. The van der Waals surface area contributed by atoms with Crippen molar-refractivity contribution in [3.05, 3.63) is 35.9 Å². The molecule has 3 aliphatic heterocycles. The van der Waals surface area contributed by atoms with E-state index in [1.54, 1.807) is 0 Å². The highest BCUT2D eigenvalue weighted by molar-refractivity contribution is 7.99. The van der Waals surface area contributed by atoms with Crippen molar-refractivity contribution in [2.45, 2.75) is 18.5 Å². The van der Waals surface area contributed by atoms with E-state index < -0.39 is 0 Å². The van der Waals surface area contributed by atoms with Crippen LogP contribution in [0.3, 0.4) is 0 Å². The molecule has 1 aromatic rings. The van der Waals surface area contributed by atoms with Gasteiger partial charge in [-0.2, -0.15) is 11.8 Å². The lowest BCUT2D eigenvalue weighted by molar-refractivity contribution is -0.136. The summed E-state index contributed by atoms with van der Waals surface area (Å²) in [4.78, 5) is 20.6. The molecule has 8 heteroatoms. The number of carbonyl (C=O) groups excluding carboxylic acids is 1. The van der Waals surface area contributed by atoms with Crippen LogP contribution in [0.25, 0.3) is 0 Å². The van der Waals surface area contributed by atoms with Crippen LogP contribution in [0.4, 0.5) is 0 Å². The third kappa shape index (κ3) is 5.55. The van der Waals surface area contributed by atoms with Gasteiger partial charge in [0.2, 0.25) is 5.91 Å². The molecule has 0 spiro atoms. The summed E-state index contributed by atoms with van der Waals surface area (Å²) in [6.45, 7) is 8.17. The Labute approximate surface area is 185 Å². The number of halogens is 2. The van der Waals surface area contributed by atoms with Gasteiger partial charge in [-0.3, -0.25) is 14.6 Å². The van der Waals surface area contributed by atoms with Crippen molar-refractivity contribution in [3.8, 4) is 0 Å². The minimum Gasteiger partial charge on any atom is -0.339 e. The smallest absolute Gasteiger partial charge is 0.244 e. The topological polar surface area (TPSA) is 38.8 Å². The molecule has 2 unspecified atom stereocenters. The van der Waals surface area contributed by atoms with Crippen LogP contribution in [0, 0.1) is 0 Å². The van der Waals surface area contributed by atoms with E-state index in [2.05, 4.69) is 44.3 Å². The van der Waals surface area contributed by atoms with Crippen LogP contribution >= 0.6 is 36.6 Å². The normalized spacial score (nSPS) is 24.9. The SMILES string of the molecule is Cl.Cl.O=C(C(c1ccccc1)N1CCSCC1)N1CCC(N2CCNCC2)C1. The number of carbonyl (C=O) groups is 1. The van der Waals surface area contributed by atoms with Crippen molar-refractivity contribution in [1.82, 2.24) is 20.0 Å². The summed E-state index contributed by atoms with van der Waals surface area (Å²) in [6.07, 6.45) is 1.11. The van der Waals surface area contributed by atoms with Gasteiger partial charge >= 0.3 is 0 Å². The molecule has 3 heterocycles. The van der Waals surface area contributed by atoms with Crippen LogP contribution in [0.5, 0.6) is 0 Å². The molecule has 1 amide bonds. The van der Waals surface area contributed by atoms with E-state index >= 15 is 0 Å². The fourth-order valence-electron chi connectivity index (χ4n) is 4.44. The van der Waals surface area contributed by atoms with Gasteiger partial charge in [0.1, 0.15) is 6.04 Å². The van der Waals surface area contributed by atoms with Crippen LogP contribution < -0.4 is 5.32 Å². The molecule has 0 bridgehead atoms. The number of rotatable bonds is 4. The third-order valence-corrected chi connectivity index (χ3v) is 6.85. The molecule has 3 aliphatic rings. The molecule has 1 N–H and O–H groups in total. The first-order valence-corrected chi connectivity index (χ1v) is 11.1. The molecule has 0 saturated carbocycles. The minimum atomic E-state index is -0.112. The van der Waals surface area contributed by atoms with Crippen molar-refractivity contribution in [2.24, 2.45) is 0 Å². The Hall–Kier alpha value is -0.500. The first kappa shape index (κ1) is 23.8. The molecular weight excluding hydrogens is 415 g/mol. The third-order valence-electron chi connectivity index (χ3n) is 5.90. The molecule has 0 radical (unpaired) electrons. The molecule has 4 rings (SSSR count). The average Bonchev–Trinajstić information content (AvgIpc) is 3.21. The highest BCUT2D eigenvalue weighted by atomic mass is 35.5. The number of benzene rings is 1. The summed E-state index contributed by atoms with van der Waals surface area (Å²) in [6, 6.07) is 10.8. The number of nitrogens with one attached hydrogen (secondary N) is 1. The zero-order chi connectivity index (χ0) is 17.8. The van der Waals surface area contributed by atoms with Crippen molar-refractivity contribution < 1.29 is 4.79 Å². The first-order valence-electron chi connectivity index (χ1n) is 9.93. The number of thioether (sulfide) groups is 1. The molecule has 0 aromatic heterocycles. The Bertz CT molecular complexity index is 597. The fourth-order valence-corrected chi connectivity index (χ4v) is 5.37. The second-order valence-electron chi connectivity index (χ2n) is 7.47. The van der Waals surface area contributed by atoms with Gasteiger partial charge in [-0.15, -0.1) is 24.8 Å². The predicted molar refractivity (Wildman–Crippen MR) is 122 cm³/mol. The number of nitrogens with zero attached hydrogens (tertiary/aromatic N) is 3. The highest BCUT2D eigenvalue weighted by Gasteiger charge is 2.37. The number of piperazine rings is 1. The maximum absolute atomic E-state index is 13.5. The molecule has 1 aromatic carbocycles. The fraction of sp³-hybridized carbons (Fsp3) is 0.650. The number of likely N-dealkylation sites (tertiary alicyclic amines) is 1. The monoisotopic (exact) mass is 446 g/mol. The van der Waals surface area contributed by atoms with Crippen molar-refractivity contribution in [3.63, 3.8) is 0 Å². The summed E-state index contributed by atoms with van der Waals surface area (Å²) in [7, 11) is 0. The summed E-state index contributed by atoms with van der Waals surface area (Å²) in [5.41, 5.74) is 1.15. The second-order valence-corrected chi connectivity index (χ2v) is 8.70. The largest absolute Gasteiger partial charge is 0.339 e. The minimum absolute atomic E-state index is 0. The molecule has 2 atom stereocenters. The Kier molecular flexibility index (Phi) is 9.87. The number of hydrogen-bond acceptors (Lipinski definition) is 5. The molecule has 3 saturated heterocycles. The highest BCUT2D eigenvalue weighted by Crippen LogP contribution is 2.28. The van der Waals surface area contributed by atoms with E-state index in [1.807, 2.05) is 17.8 Å². The van der Waals surface area contributed by atoms with Crippen LogP contribution in [-0.4, -0.2) is 90.5 Å². The van der Waals surface area contributed by atoms with Gasteiger partial charge in [0.25, 0.3) is 0 Å².